The number of ether oxygens (including phenoxy) is 1. The van der Waals surface area contributed by atoms with Crippen LogP contribution in [0.15, 0.2) is 0 Å². The van der Waals surface area contributed by atoms with Crippen molar-refractivity contribution in [3.05, 3.63) is 0 Å². The molecule has 1 unspecified atom stereocenters. The van der Waals surface area contributed by atoms with E-state index >= 15 is 0 Å². The van der Waals surface area contributed by atoms with E-state index in [9.17, 15) is 4.79 Å². The molecule has 0 radical (unpaired) electrons. The highest BCUT2D eigenvalue weighted by Crippen LogP contribution is 2.16. The quantitative estimate of drug-likeness (QED) is 0.590. The van der Waals surface area contributed by atoms with Crippen LogP contribution in [0, 0.1) is 5.41 Å². The summed E-state index contributed by atoms with van der Waals surface area (Å²) in [5, 5.41) is 11.6. The molecular formula is C8H15NO3. The summed E-state index contributed by atoms with van der Waals surface area (Å²) in [5.74, 6) is -0.840. The van der Waals surface area contributed by atoms with Crippen molar-refractivity contribution in [2.45, 2.75) is 19.9 Å². The summed E-state index contributed by atoms with van der Waals surface area (Å²) in [6, 6.07) is -0.549. The van der Waals surface area contributed by atoms with Crippen LogP contribution in [0.1, 0.15) is 13.8 Å². The zero-order valence-corrected chi connectivity index (χ0v) is 7.46. The Balaban J connectivity index is 2.50. The van der Waals surface area contributed by atoms with Crippen molar-refractivity contribution in [1.29, 1.82) is 0 Å². The van der Waals surface area contributed by atoms with E-state index in [1.54, 1.807) is 0 Å². The highest BCUT2D eigenvalue weighted by Gasteiger charge is 2.27. The fraction of sp³-hybridized carbons (Fsp3) is 0.875. The van der Waals surface area contributed by atoms with Gasteiger partial charge in [0.2, 0.25) is 0 Å². The molecule has 12 heavy (non-hydrogen) atoms. The van der Waals surface area contributed by atoms with Crippen molar-refractivity contribution >= 4 is 5.97 Å². The first kappa shape index (κ1) is 9.48. The normalized spacial score (nSPS) is 29.3. The van der Waals surface area contributed by atoms with Gasteiger partial charge in [-0.2, -0.15) is 0 Å². The SMILES string of the molecule is CC1(C)CNC(C(=O)O)COC1. The van der Waals surface area contributed by atoms with Crippen LogP contribution in [0.2, 0.25) is 0 Å². The lowest BCUT2D eigenvalue weighted by Crippen LogP contribution is -2.41. The van der Waals surface area contributed by atoms with Crippen molar-refractivity contribution in [2.24, 2.45) is 5.41 Å². The Morgan fingerprint density at radius 1 is 1.67 bits per heavy atom. The molecule has 0 bridgehead atoms. The van der Waals surface area contributed by atoms with Crippen molar-refractivity contribution < 1.29 is 14.6 Å². The highest BCUT2D eigenvalue weighted by molar-refractivity contribution is 5.73. The topological polar surface area (TPSA) is 58.6 Å². The maximum atomic E-state index is 10.6. The van der Waals surface area contributed by atoms with Gasteiger partial charge in [-0.25, -0.2) is 0 Å². The third kappa shape index (κ3) is 2.46. The molecule has 1 atom stereocenters. The van der Waals surface area contributed by atoms with Gasteiger partial charge in [0, 0.05) is 12.0 Å². The molecule has 1 rings (SSSR count). The number of rotatable bonds is 1. The number of aliphatic carboxylic acids is 1. The van der Waals surface area contributed by atoms with Gasteiger partial charge in [0.25, 0.3) is 0 Å². The van der Waals surface area contributed by atoms with E-state index in [1.165, 1.54) is 0 Å². The van der Waals surface area contributed by atoms with Crippen LogP contribution in [0.25, 0.3) is 0 Å². The molecule has 0 spiro atoms. The monoisotopic (exact) mass is 173 g/mol. The standard InChI is InChI=1S/C8H15NO3/c1-8(2)4-9-6(7(10)11)3-12-5-8/h6,9H,3-5H2,1-2H3,(H,10,11). The number of carbonyl (C=O) groups is 1. The largest absolute Gasteiger partial charge is 0.480 e. The Labute approximate surface area is 71.9 Å². The first-order valence-corrected chi connectivity index (χ1v) is 4.05. The van der Waals surface area contributed by atoms with Gasteiger partial charge in [0.1, 0.15) is 6.04 Å². The number of nitrogens with one attached hydrogen (secondary N) is 1. The third-order valence-electron chi connectivity index (χ3n) is 1.90. The molecule has 0 amide bonds. The molecule has 0 aromatic rings. The van der Waals surface area contributed by atoms with Gasteiger partial charge in [-0.1, -0.05) is 13.8 Å². The van der Waals surface area contributed by atoms with Crippen molar-refractivity contribution in [2.75, 3.05) is 19.8 Å². The minimum atomic E-state index is -0.840. The van der Waals surface area contributed by atoms with Crippen LogP contribution < -0.4 is 5.32 Å². The lowest BCUT2D eigenvalue weighted by Gasteiger charge is -2.20. The fourth-order valence-corrected chi connectivity index (χ4v) is 1.12. The number of hydrogen-bond donors (Lipinski definition) is 2. The predicted molar refractivity (Wildman–Crippen MR) is 44.0 cm³/mol. The molecule has 0 saturated carbocycles. The van der Waals surface area contributed by atoms with Gasteiger partial charge < -0.3 is 15.2 Å². The Bertz CT molecular complexity index is 179. The van der Waals surface area contributed by atoms with Gasteiger partial charge in [0.05, 0.1) is 13.2 Å². The molecule has 1 heterocycles. The Kier molecular flexibility index (Phi) is 2.69. The van der Waals surface area contributed by atoms with E-state index in [4.69, 9.17) is 9.84 Å². The Morgan fingerprint density at radius 2 is 2.33 bits per heavy atom. The number of carboxylic acids is 1. The van der Waals surface area contributed by atoms with Gasteiger partial charge in [-0.05, 0) is 0 Å². The maximum Gasteiger partial charge on any atom is 0.323 e. The summed E-state index contributed by atoms with van der Waals surface area (Å²) >= 11 is 0. The molecule has 0 aromatic heterocycles. The second kappa shape index (κ2) is 3.41. The van der Waals surface area contributed by atoms with Crippen LogP contribution in [0.5, 0.6) is 0 Å². The predicted octanol–water partition coefficient (Wildman–Crippen LogP) is 0.0856. The summed E-state index contributed by atoms with van der Waals surface area (Å²) in [6.07, 6.45) is 0. The van der Waals surface area contributed by atoms with E-state index in [0.29, 0.717) is 13.2 Å². The molecule has 1 aliphatic rings. The van der Waals surface area contributed by atoms with Crippen LogP contribution in [-0.4, -0.2) is 36.9 Å². The van der Waals surface area contributed by atoms with Crippen LogP contribution in [0.3, 0.4) is 0 Å². The minimum absolute atomic E-state index is 0.0319. The zero-order valence-electron chi connectivity index (χ0n) is 7.46. The summed E-state index contributed by atoms with van der Waals surface area (Å²) in [7, 11) is 0. The molecule has 1 saturated heterocycles. The molecule has 4 heteroatoms. The summed E-state index contributed by atoms with van der Waals surface area (Å²) < 4.78 is 5.24. The Morgan fingerprint density at radius 3 is 2.92 bits per heavy atom. The van der Waals surface area contributed by atoms with Crippen molar-refractivity contribution in [3.8, 4) is 0 Å². The number of carboxylic acid groups (broad SMARTS) is 1. The zero-order chi connectivity index (χ0) is 9.19. The van der Waals surface area contributed by atoms with E-state index in [0.717, 1.165) is 0 Å². The molecule has 70 valence electrons. The van der Waals surface area contributed by atoms with Crippen LogP contribution in [0.4, 0.5) is 0 Å². The molecule has 1 fully saturated rings. The van der Waals surface area contributed by atoms with Gasteiger partial charge in [-0.15, -0.1) is 0 Å². The summed E-state index contributed by atoms with van der Waals surface area (Å²) in [4.78, 5) is 10.6. The summed E-state index contributed by atoms with van der Waals surface area (Å²) in [5.41, 5.74) is 0.0319. The molecule has 4 nitrogen and oxygen atoms in total. The fourth-order valence-electron chi connectivity index (χ4n) is 1.12. The van der Waals surface area contributed by atoms with Gasteiger partial charge in [0.15, 0.2) is 0 Å². The first-order chi connectivity index (χ1) is 5.51. The lowest BCUT2D eigenvalue weighted by molar-refractivity contribution is -0.140. The van der Waals surface area contributed by atoms with Crippen molar-refractivity contribution in [3.63, 3.8) is 0 Å². The second-order valence-electron chi connectivity index (χ2n) is 3.95. The van der Waals surface area contributed by atoms with E-state index in [-0.39, 0.29) is 12.0 Å². The Hall–Kier alpha value is -0.610. The van der Waals surface area contributed by atoms with E-state index < -0.39 is 12.0 Å². The first-order valence-electron chi connectivity index (χ1n) is 4.05. The minimum Gasteiger partial charge on any atom is -0.480 e. The van der Waals surface area contributed by atoms with E-state index in [2.05, 4.69) is 5.32 Å². The molecule has 0 aromatic carbocycles. The summed E-state index contributed by atoms with van der Waals surface area (Å²) in [6.45, 7) is 5.65. The maximum absolute atomic E-state index is 10.6. The molecule has 0 aliphatic carbocycles. The van der Waals surface area contributed by atoms with Gasteiger partial charge in [-0.3, -0.25) is 4.79 Å². The number of hydrogen-bond acceptors (Lipinski definition) is 3. The average molecular weight is 173 g/mol. The highest BCUT2D eigenvalue weighted by atomic mass is 16.5. The smallest absolute Gasteiger partial charge is 0.323 e. The van der Waals surface area contributed by atoms with Crippen molar-refractivity contribution in [1.82, 2.24) is 5.32 Å². The molecule has 1 aliphatic heterocycles. The van der Waals surface area contributed by atoms with E-state index in [1.807, 2.05) is 13.8 Å². The lowest BCUT2D eigenvalue weighted by atomic mass is 9.95. The van der Waals surface area contributed by atoms with Gasteiger partial charge >= 0.3 is 5.97 Å². The average Bonchev–Trinajstić information content (AvgIpc) is 2.10. The molecule has 2 N–H and O–H groups in total. The second-order valence-corrected chi connectivity index (χ2v) is 3.95. The van der Waals surface area contributed by atoms with Crippen LogP contribution in [-0.2, 0) is 9.53 Å². The third-order valence-corrected chi connectivity index (χ3v) is 1.90. The van der Waals surface area contributed by atoms with Crippen LogP contribution >= 0.6 is 0 Å². The molecular weight excluding hydrogens is 158 g/mol.